The van der Waals surface area contributed by atoms with Crippen LogP contribution in [-0.4, -0.2) is 23.7 Å². The fraction of sp³-hybridized carbons (Fsp3) is 0.533. The van der Waals surface area contributed by atoms with Gasteiger partial charge in [-0.05, 0) is 49.8 Å². The molecule has 1 aromatic carbocycles. The maximum absolute atomic E-state index is 5.87. The molecule has 0 radical (unpaired) electrons. The number of nitrogens with one attached hydrogen (secondary N) is 1. The van der Waals surface area contributed by atoms with Gasteiger partial charge in [0.15, 0.2) is 5.13 Å². The number of thiazole rings is 1. The quantitative estimate of drug-likeness (QED) is 0.929. The fourth-order valence-electron chi connectivity index (χ4n) is 2.91. The largest absolute Gasteiger partial charge is 0.376 e. The van der Waals surface area contributed by atoms with Crippen LogP contribution in [0.1, 0.15) is 24.8 Å². The zero-order chi connectivity index (χ0) is 12.8. The Morgan fingerprint density at radius 2 is 2.21 bits per heavy atom. The van der Waals surface area contributed by atoms with Crippen molar-refractivity contribution in [3.8, 4) is 0 Å². The van der Waals surface area contributed by atoms with Crippen LogP contribution in [0.4, 0.5) is 5.13 Å². The van der Waals surface area contributed by atoms with Crippen LogP contribution < -0.4 is 5.32 Å². The van der Waals surface area contributed by atoms with Gasteiger partial charge in [-0.2, -0.15) is 0 Å². The Hall–Kier alpha value is -1.13. The molecule has 1 saturated heterocycles. The summed E-state index contributed by atoms with van der Waals surface area (Å²) in [6, 6.07) is 6.92. The van der Waals surface area contributed by atoms with Crippen molar-refractivity contribution in [3.05, 3.63) is 23.8 Å². The summed E-state index contributed by atoms with van der Waals surface area (Å²) < 4.78 is 7.13. The molecule has 4 rings (SSSR count). The molecular weight excluding hydrogens is 256 g/mol. The topological polar surface area (TPSA) is 34.1 Å². The van der Waals surface area contributed by atoms with Gasteiger partial charge in [-0.1, -0.05) is 17.4 Å². The van der Waals surface area contributed by atoms with Gasteiger partial charge in [0.05, 0.1) is 22.4 Å². The zero-order valence-electron chi connectivity index (χ0n) is 11.1. The van der Waals surface area contributed by atoms with E-state index in [9.17, 15) is 0 Å². The Balaban J connectivity index is 1.57. The molecule has 0 spiro atoms. The molecule has 2 heterocycles. The molecule has 100 valence electrons. The van der Waals surface area contributed by atoms with E-state index in [1.165, 1.54) is 23.1 Å². The van der Waals surface area contributed by atoms with Gasteiger partial charge in [0.25, 0.3) is 0 Å². The van der Waals surface area contributed by atoms with Gasteiger partial charge in [-0.15, -0.1) is 0 Å². The van der Waals surface area contributed by atoms with E-state index in [1.54, 1.807) is 11.3 Å². The van der Waals surface area contributed by atoms with Crippen molar-refractivity contribution in [3.63, 3.8) is 0 Å². The normalized spacial score (nSPS) is 27.0. The number of benzene rings is 1. The van der Waals surface area contributed by atoms with Crippen LogP contribution in [0.3, 0.4) is 0 Å². The average Bonchev–Trinajstić information content (AvgIpc) is 3.00. The first kappa shape index (κ1) is 11.7. The Morgan fingerprint density at radius 3 is 3.05 bits per heavy atom. The smallest absolute Gasteiger partial charge is 0.184 e. The highest BCUT2D eigenvalue weighted by atomic mass is 32.1. The number of hydrogen-bond donors (Lipinski definition) is 1. The van der Waals surface area contributed by atoms with Crippen LogP contribution in [0.15, 0.2) is 18.2 Å². The number of aromatic nitrogens is 1. The van der Waals surface area contributed by atoms with E-state index in [-0.39, 0.29) is 0 Å². The lowest BCUT2D eigenvalue weighted by atomic mass is 10.1. The molecule has 1 aliphatic carbocycles. The molecule has 0 amide bonds. The lowest BCUT2D eigenvalue weighted by Crippen LogP contribution is -2.30. The van der Waals surface area contributed by atoms with Gasteiger partial charge < -0.3 is 10.1 Å². The van der Waals surface area contributed by atoms with Crippen molar-refractivity contribution in [1.29, 1.82) is 0 Å². The summed E-state index contributed by atoms with van der Waals surface area (Å²) >= 11 is 1.75. The minimum Gasteiger partial charge on any atom is -0.376 e. The van der Waals surface area contributed by atoms with Crippen LogP contribution >= 0.6 is 11.3 Å². The molecule has 2 unspecified atom stereocenters. The van der Waals surface area contributed by atoms with E-state index in [4.69, 9.17) is 9.72 Å². The predicted molar refractivity (Wildman–Crippen MR) is 78.8 cm³/mol. The summed E-state index contributed by atoms with van der Waals surface area (Å²) in [5, 5.41) is 4.65. The third-order valence-electron chi connectivity index (χ3n) is 4.07. The number of aryl methyl sites for hydroxylation is 1. The van der Waals surface area contributed by atoms with Crippen LogP contribution in [0.25, 0.3) is 10.2 Å². The zero-order valence-corrected chi connectivity index (χ0v) is 11.9. The van der Waals surface area contributed by atoms with Crippen LogP contribution in [0.2, 0.25) is 0 Å². The molecule has 3 nitrogen and oxygen atoms in total. The van der Waals surface area contributed by atoms with E-state index < -0.39 is 0 Å². The van der Waals surface area contributed by atoms with Crippen molar-refractivity contribution >= 4 is 26.7 Å². The molecule has 2 aliphatic rings. The number of rotatable bonds is 3. The van der Waals surface area contributed by atoms with Crippen molar-refractivity contribution in [1.82, 2.24) is 4.98 Å². The Bertz CT molecular complexity index is 605. The predicted octanol–water partition coefficient (Wildman–Crippen LogP) is 3.58. The molecule has 1 aliphatic heterocycles. The maximum Gasteiger partial charge on any atom is 0.184 e. The molecule has 1 saturated carbocycles. The van der Waals surface area contributed by atoms with Gasteiger partial charge in [0, 0.05) is 6.61 Å². The van der Waals surface area contributed by atoms with E-state index >= 15 is 0 Å². The minimum atomic E-state index is 0.411. The van der Waals surface area contributed by atoms with Gasteiger partial charge in [0.1, 0.15) is 0 Å². The average molecular weight is 274 g/mol. The van der Waals surface area contributed by atoms with E-state index in [0.29, 0.717) is 12.1 Å². The third-order valence-corrected chi connectivity index (χ3v) is 5.04. The lowest BCUT2D eigenvalue weighted by molar-refractivity contribution is 0.0898. The lowest BCUT2D eigenvalue weighted by Gasteiger charge is -2.18. The summed E-state index contributed by atoms with van der Waals surface area (Å²) in [4.78, 5) is 4.70. The highest BCUT2D eigenvalue weighted by Crippen LogP contribution is 2.40. The molecule has 2 atom stereocenters. The summed E-state index contributed by atoms with van der Waals surface area (Å²) in [7, 11) is 0. The first-order valence-electron chi connectivity index (χ1n) is 7.05. The molecule has 1 N–H and O–H groups in total. The summed E-state index contributed by atoms with van der Waals surface area (Å²) in [6.45, 7) is 3.00. The van der Waals surface area contributed by atoms with Crippen LogP contribution in [0.5, 0.6) is 0 Å². The first-order chi connectivity index (χ1) is 9.29. The highest BCUT2D eigenvalue weighted by Gasteiger charge is 2.40. The van der Waals surface area contributed by atoms with Gasteiger partial charge in [-0.3, -0.25) is 0 Å². The van der Waals surface area contributed by atoms with E-state index in [1.807, 2.05) is 0 Å². The van der Waals surface area contributed by atoms with Crippen LogP contribution in [-0.2, 0) is 4.74 Å². The fourth-order valence-corrected chi connectivity index (χ4v) is 3.82. The number of ether oxygens (including phenoxy) is 1. The Morgan fingerprint density at radius 1 is 1.32 bits per heavy atom. The number of nitrogens with zero attached hydrogens (tertiary/aromatic N) is 1. The molecule has 19 heavy (non-hydrogen) atoms. The number of fused-ring (bicyclic) bond motifs is 1. The summed E-state index contributed by atoms with van der Waals surface area (Å²) in [5.41, 5.74) is 2.37. The van der Waals surface area contributed by atoms with Crippen LogP contribution in [0, 0.1) is 12.8 Å². The summed E-state index contributed by atoms with van der Waals surface area (Å²) in [6.07, 6.45) is 4.19. The molecule has 2 aromatic rings. The Labute approximate surface area is 117 Å². The number of hydrogen-bond acceptors (Lipinski definition) is 4. The van der Waals surface area contributed by atoms with Gasteiger partial charge >= 0.3 is 0 Å². The molecule has 2 fully saturated rings. The number of anilines is 1. The van der Waals surface area contributed by atoms with Crippen molar-refractivity contribution in [2.24, 2.45) is 5.92 Å². The molecular formula is C15H18N2OS. The standard InChI is InChI=1S/C15H18N2OS/c1-9-2-5-13-12(8-9)17-15(19-13)16-11-6-7-18-14(11)10-3-4-10/h2,5,8,10-11,14H,3-4,6-7H2,1H3,(H,16,17). The second kappa shape index (κ2) is 4.46. The van der Waals surface area contributed by atoms with Crippen molar-refractivity contribution in [2.45, 2.75) is 38.3 Å². The maximum atomic E-state index is 5.87. The molecule has 4 heteroatoms. The first-order valence-corrected chi connectivity index (χ1v) is 7.86. The SMILES string of the molecule is Cc1ccc2sc(NC3CCOC3C3CC3)nc2c1. The Kier molecular flexibility index (Phi) is 2.74. The van der Waals surface area contributed by atoms with E-state index in [0.717, 1.165) is 29.6 Å². The van der Waals surface area contributed by atoms with Crippen molar-refractivity contribution < 1.29 is 4.74 Å². The van der Waals surface area contributed by atoms with Crippen molar-refractivity contribution in [2.75, 3.05) is 11.9 Å². The third kappa shape index (κ3) is 2.23. The monoisotopic (exact) mass is 274 g/mol. The second-order valence-electron chi connectivity index (χ2n) is 5.70. The van der Waals surface area contributed by atoms with E-state index in [2.05, 4.69) is 30.4 Å². The van der Waals surface area contributed by atoms with Gasteiger partial charge in [0.2, 0.25) is 0 Å². The molecule has 0 bridgehead atoms. The van der Waals surface area contributed by atoms with Gasteiger partial charge in [-0.25, -0.2) is 4.98 Å². The summed E-state index contributed by atoms with van der Waals surface area (Å²) in [5.74, 6) is 0.789. The highest BCUT2D eigenvalue weighted by molar-refractivity contribution is 7.22. The minimum absolute atomic E-state index is 0.411. The second-order valence-corrected chi connectivity index (χ2v) is 6.73. The molecule has 1 aromatic heterocycles.